The van der Waals surface area contributed by atoms with E-state index < -0.39 is 0 Å². The second-order valence-electron chi connectivity index (χ2n) is 13.3. The van der Waals surface area contributed by atoms with Crippen LogP contribution in [0, 0.1) is 0 Å². The van der Waals surface area contributed by atoms with Crippen LogP contribution in [-0.2, 0) is 0 Å². The molecule has 10 rings (SSSR count). The third-order valence-corrected chi connectivity index (χ3v) is 11.4. The molecule has 0 aliphatic rings. The monoisotopic (exact) mass is 679 g/mol. The molecule has 0 aliphatic carbocycles. The number of rotatable bonds is 6. The Kier molecular flexibility index (Phi) is 7.41. The zero-order chi connectivity index (χ0) is 34.4. The van der Waals surface area contributed by atoms with Gasteiger partial charge < -0.3 is 4.90 Å². The molecule has 0 amide bonds. The Bertz CT molecular complexity index is 2910. The summed E-state index contributed by atoms with van der Waals surface area (Å²) in [6.45, 7) is 0. The van der Waals surface area contributed by atoms with Gasteiger partial charge in [0.1, 0.15) is 0 Å². The van der Waals surface area contributed by atoms with Crippen LogP contribution in [0.25, 0.3) is 75.1 Å². The van der Waals surface area contributed by atoms with Crippen molar-refractivity contribution in [3.8, 4) is 33.4 Å². The van der Waals surface area contributed by atoms with Gasteiger partial charge in [0.25, 0.3) is 0 Å². The average Bonchev–Trinajstić information content (AvgIpc) is 3.61. The minimum Gasteiger partial charge on any atom is -0.309 e. The normalized spacial score (nSPS) is 11.5. The largest absolute Gasteiger partial charge is 0.309 e. The fourth-order valence-corrected chi connectivity index (χ4v) is 8.99. The molecule has 0 radical (unpaired) electrons. The van der Waals surface area contributed by atoms with Crippen LogP contribution < -0.4 is 4.90 Å². The molecule has 9 aromatic carbocycles. The lowest BCUT2D eigenvalue weighted by atomic mass is 9.95. The van der Waals surface area contributed by atoms with Gasteiger partial charge in [-0.2, -0.15) is 0 Å². The lowest BCUT2D eigenvalue weighted by Gasteiger charge is -2.29. The third-order valence-electron chi connectivity index (χ3n) is 10.3. The van der Waals surface area contributed by atoms with Crippen molar-refractivity contribution in [1.29, 1.82) is 0 Å². The molecule has 0 fully saturated rings. The van der Waals surface area contributed by atoms with Gasteiger partial charge in [-0.25, -0.2) is 0 Å². The van der Waals surface area contributed by atoms with Crippen molar-refractivity contribution in [3.05, 3.63) is 200 Å². The zero-order valence-corrected chi connectivity index (χ0v) is 29.2. The first-order valence-corrected chi connectivity index (χ1v) is 18.6. The van der Waals surface area contributed by atoms with E-state index in [4.69, 9.17) is 0 Å². The highest BCUT2D eigenvalue weighted by Gasteiger charge is 2.21. The first kappa shape index (κ1) is 30.4. The van der Waals surface area contributed by atoms with Crippen LogP contribution in [0.5, 0.6) is 0 Å². The quantitative estimate of drug-likeness (QED) is 0.169. The smallest absolute Gasteiger partial charge is 0.0540 e. The zero-order valence-electron chi connectivity index (χ0n) is 28.4. The highest BCUT2D eigenvalue weighted by molar-refractivity contribution is 7.25. The van der Waals surface area contributed by atoms with Crippen LogP contribution in [0.4, 0.5) is 17.1 Å². The van der Waals surface area contributed by atoms with Gasteiger partial charge in [0, 0.05) is 36.8 Å². The third kappa shape index (κ3) is 5.16. The molecule has 0 unspecified atom stereocenters. The van der Waals surface area contributed by atoms with E-state index in [0.29, 0.717) is 0 Å². The van der Waals surface area contributed by atoms with Crippen molar-refractivity contribution >= 4 is 70.1 Å². The summed E-state index contributed by atoms with van der Waals surface area (Å²) in [6, 6.07) is 72.9. The van der Waals surface area contributed by atoms with Crippen LogP contribution in [0.1, 0.15) is 0 Å². The molecule has 0 N–H and O–H groups in total. The van der Waals surface area contributed by atoms with E-state index in [1.54, 1.807) is 0 Å². The predicted molar refractivity (Wildman–Crippen MR) is 225 cm³/mol. The maximum absolute atomic E-state index is 2.45. The molecule has 10 aromatic rings. The molecule has 1 nitrogen and oxygen atoms in total. The van der Waals surface area contributed by atoms with Gasteiger partial charge in [0.15, 0.2) is 0 Å². The van der Waals surface area contributed by atoms with Crippen LogP contribution in [0.3, 0.4) is 0 Å². The van der Waals surface area contributed by atoms with Gasteiger partial charge in [0.2, 0.25) is 0 Å². The number of thiophene rings is 1. The van der Waals surface area contributed by atoms with Crippen molar-refractivity contribution in [1.82, 2.24) is 0 Å². The Balaban J connectivity index is 1.13. The van der Waals surface area contributed by atoms with E-state index in [-0.39, 0.29) is 0 Å². The van der Waals surface area contributed by atoms with E-state index in [1.165, 1.54) is 75.1 Å². The molecule has 0 aliphatic heterocycles. The summed E-state index contributed by atoms with van der Waals surface area (Å²) in [5.41, 5.74) is 10.7. The molecule has 0 atom stereocenters. The van der Waals surface area contributed by atoms with E-state index in [1.807, 2.05) is 11.3 Å². The number of anilines is 3. The molecular weight excluding hydrogens is 647 g/mol. The maximum Gasteiger partial charge on any atom is 0.0540 e. The van der Waals surface area contributed by atoms with Crippen molar-refractivity contribution in [2.45, 2.75) is 0 Å². The first-order chi connectivity index (χ1) is 25.8. The summed E-state index contributed by atoms with van der Waals surface area (Å²) < 4.78 is 2.62. The number of hydrogen-bond acceptors (Lipinski definition) is 2. The molecule has 0 bridgehead atoms. The molecule has 0 saturated carbocycles. The molecule has 244 valence electrons. The van der Waals surface area contributed by atoms with Gasteiger partial charge in [-0.15, -0.1) is 11.3 Å². The molecule has 2 heteroatoms. The minimum absolute atomic E-state index is 1.11. The summed E-state index contributed by atoms with van der Waals surface area (Å²) in [5, 5.41) is 7.58. The van der Waals surface area contributed by atoms with E-state index in [2.05, 4.69) is 205 Å². The van der Waals surface area contributed by atoms with Crippen LogP contribution in [0.2, 0.25) is 0 Å². The fraction of sp³-hybridized carbons (Fsp3) is 0. The summed E-state index contributed by atoms with van der Waals surface area (Å²) in [7, 11) is 0. The highest BCUT2D eigenvalue weighted by Crippen LogP contribution is 2.47. The van der Waals surface area contributed by atoms with Crippen LogP contribution in [-0.4, -0.2) is 0 Å². The number of benzene rings is 9. The molecule has 1 aromatic heterocycles. The summed E-state index contributed by atoms with van der Waals surface area (Å²) >= 11 is 1.87. The van der Waals surface area contributed by atoms with Crippen molar-refractivity contribution < 1.29 is 0 Å². The van der Waals surface area contributed by atoms with Crippen molar-refractivity contribution in [2.24, 2.45) is 0 Å². The maximum atomic E-state index is 2.45. The molecule has 1 heterocycles. The number of para-hydroxylation sites is 1. The Morgan fingerprint density at radius 2 is 0.885 bits per heavy atom. The number of hydrogen-bond donors (Lipinski definition) is 0. The topological polar surface area (TPSA) is 3.24 Å². The number of nitrogens with zero attached hydrogens (tertiary/aromatic N) is 1. The second kappa shape index (κ2) is 12.7. The minimum atomic E-state index is 1.11. The van der Waals surface area contributed by atoms with Crippen molar-refractivity contribution in [2.75, 3.05) is 4.90 Å². The Labute approximate surface area is 307 Å². The fourth-order valence-electron chi connectivity index (χ4n) is 7.85. The van der Waals surface area contributed by atoms with Gasteiger partial charge >= 0.3 is 0 Å². The summed E-state index contributed by atoms with van der Waals surface area (Å²) in [6.07, 6.45) is 0. The van der Waals surface area contributed by atoms with Gasteiger partial charge in [-0.1, -0.05) is 158 Å². The van der Waals surface area contributed by atoms with Crippen LogP contribution in [0.15, 0.2) is 200 Å². The van der Waals surface area contributed by atoms with E-state index in [0.717, 1.165) is 17.1 Å². The molecular formula is C50H33NS. The second-order valence-corrected chi connectivity index (χ2v) is 14.4. The standard InChI is InChI=1S/C50H33NS/c1-3-19-40-35(13-1)15-10-23-41(40)38-18-9-17-37(33-38)34-29-31-39(32-30-34)51(46-26-11-16-36-14-2-4-20-42(36)46)47-25-7-5-21-43(47)44-24-12-28-49-50(44)45-22-6-8-27-48(45)52-49/h1-33H. The Morgan fingerprint density at radius 3 is 1.75 bits per heavy atom. The molecule has 52 heavy (non-hydrogen) atoms. The van der Waals surface area contributed by atoms with Crippen LogP contribution >= 0.6 is 11.3 Å². The van der Waals surface area contributed by atoms with E-state index >= 15 is 0 Å². The summed E-state index contributed by atoms with van der Waals surface area (Å²) in [5.74, 6) is 0. The lowest BCUT2D eigenvalue weighted by molar-refractivity contribution is 1.30. The SMILES string of the molecule is c1cc(-c2ccc(N(c3ccccc3-c3cccc4sc5ccccc5c34)c3cccc4ccccc34)cc2)cc(-c2cccc3ccccc23)c1. The molecule has 0 saturated heterocycles. The van der Waals surface area contributed by atoms with E-state index in [9.17, 15) is 0 Å². The summed E-state index contributed by atoms with van der Waals surface area (Å²) in [4.78, 5) is 2.45. The first-order valence-electron chi connectivity index (χ1n) is 17.8. The highest BCUT2D eigenvalue weighted by atomic mass is 32.1. The van der Waals surface area contributed by atoms with Crippen molar-refractivity contribution in [3.63, 3.8) is 0 Å². The predicted octanol–water partition coefficient (Wildman–Crippen LogP) is 14.8. The van der Waals surface area contributed by atoms with Gasteiger partial charge in [0.05, 0.1) is 11.4 Å². The lowest BCUT2D eigenvalue weighted by Crippen LogP contribution is -2.11. The molecule has 0 spiro atoms. The van der Waals surface area contributed by atoms with Gasteiger partial charge in [-0.05, 0) is 86.4 Å². The van der Waals surface area contributed by atoms with Gasteiger partial charge in [-0.3, -0.25) is 0 Å². The number of fused-ring (bicyclic) bond motifs is 5. The average molecular weight is 680 g/mol. The Morgan fingerprint density at radius 1 is 0.327 bits per heavy atom. The Hall–Kier alpha value is -6.48.